The van der Waals surface area contributed by atoms with Gasteiger partial charge in [0.1, 0.15) is 5.75 Å². The van der Waals surface area contributed by atoms with Crippen LogP contribution in [0, 0.1) is 0 Å². The number of para-hydroxylation sites is 1. The van der Waals surface area contributed by atoms with Gasteiger partial charge < -0.3 is 9.64 Å². The fourth-order valence-electron chi connectivity index (χ4n) is 1.19. The Labute approximate surface area is 101 Å². The van der Waals surface area contributed by atoms with Crippen LogP contribution in [-0.4, -0.2) is 30.8 Å². The molecule has 0 spiro atoms. The highest BCUT2D eigenvalue weighted by atomic mass is 32.2. The van der Waals surface area contributed by atoms with E-state index in [-0.39, 0.29) is 5.24 Å². The third-order valence-corrected chi connectivity index (χ3v) is 3.06. The van der Waals surface area contributed by atoms with E-state index in [0.717, 1.165) is 11.3 Å². The Morgan fingerprint density at radius 2 is 2.06 bits per heavy atom. The SMILES string of the molecule is CCOc1ccccc1CSC(=O)N(C)C. The van der Waals surface area contributed by atoms with Crippen molar-refractivity contribution in [2.24, 2.45) is 0 Å². The summed E-state index contributed by atoms with van der Waals surface area (Å²) < 4.78 is 5.49. The van der Waals surface area contributed by atoms with Gasteiger partial charge >= 0.3 is 0 Å². The van der Waals surface area contributed by atoms with Crippen LogP contribution in [0.25, 0.3) is 0 Å². The quantitative estimate of drug-likeness (QED) is 0.809. The summed E-state index contributed by atoms with van der Waals surface area (Å²) in [4.78, 5) is 13.0. The molecule has 0 saturated heterocycles. The molecule has 88 valence electrons. The Kier molecular flexibility index (Phi) is 5.19. The standard InChI is InChI=1S/C12H17NO2S/c1-4-15-11-8-6-5-7-10(11)9-16-12(14)13(2)3/h5-8H,4,9H2,1-3H3. The predicted molar refractivity (Wildman–Crippen MR) is 68.0 cm³/mol. The summed E-state index contributed by atoms with van der Waals surface area (Å²) in [5.41, 5.74) is 1.06. The van der Waals surface area contributed by atoms with Crippen LogP contribution in [0.3, 0.4) is 0 Å². The van der Waals surface area contributed by atoms with Gasteiger partial charge in [-0.05, 0) is 13.0 Å². The molecule has 16 heavy (non-hydrogen) atoms. The number of ether oxygens (including phenoxy) is 1. The fraction of sp³-hybridized carbons (Fsp3) is 0.417. The Balaban J connectivity index is 2.62. The molecule has 1 aromatic carbocycles. The molecule has 0 bridgehead atoms. The Bertz CT molecular complexity index is 353. The van der Waals surface area contributed by atoms with E-state index >= 15 is 0 Å². The minimum absolute atomic E-state index is 0.0614. The summed E-state index contributed by atoms with van der Waals surface area (Å²) in [6, 6.07) is 7.81. The van der Waals surface area contributed by atoms with E-state index < -0.39 is 0 Å². The van der Waals surface area contributed by atoms with Gasteiger partial charge in [-0.1, -0.05) is 30.0 Å². The third kappa shape index (κ3) is 3.77. The lowest BCUT2D eigenvalue weighted by Crippen LogP contribution is -2.16. The lowest BCUT2D eigenvalue weighted by atomic mass is 10.2. The van der Waals surface area contributed by atoms with E-state index in [9.17, 15) is 4.79 Å². The van der Waals surface area contributed by atoms with Crippen molar-refractivity contribution in [1.29, 1.82) is 0 Å². The Hall–Kier alpha value is -1.16. The second-order valence-electron chi connectivity index (χ2n) is 3.49. The van der Waals surface area contributed by atoms with Gasteiger partial charge in [0.2, 0.25) is 0 Å². The zero-order valence-electron chi connectivity index (χ0n) is 9.90. The Morgan fingerprint density at radius 3 is 2.69 bits per heavy atom. The van der Waals surface area contributed by atoms with Crippen LogP contribution >= 0.6 is 11.8 Å². The van der Waals surface area contributed by atoms with Crippen LogP contribution in [0.5, 0.6) is 5.75 Å². The van der Waals surface area contributed by atoms with Crippen LogP contribution in [-0.2, 0) is 5.75 Å². The number of hydrogen-bond acceptors (Lipinski definition) is 3. The third-order valence-electron chi connectivity index (χ3n) is 1.99. The molecule has 0 aromatic heterocycles. The molecule has 3 nitrogen and oxygen atoms in total. The number of carbonyl (C=O) groups excluding carboxylic acids is 1. The van der Waals surface area contributed by atoms with Crippen LogP contribution in [0.4, 0.5) is 4.79 Å². The zero-order chi connectivity index (χ0) is 12.0. The summed E-state index contributed by atoms with van der Waals surface area (Å²) in [5.74, 6) is 1.51. The van der Waals surface area contributed by atoms with Crippen molar-refractivity contribution in [1.82, 2.24) is 4.90 Å². The van der Waals surface area contributed by atoms with Gasteiger partial charge in [-0.2, -0.15) is 0 Å². The summed E-state index contributed by atoms with van der Waals surface area (Å²) in [6.07, 6.45) is 0. The molecule has 0 aliphatic rings. The van der Waals surface area contributed by atoms with E-state index in [1.54, 1.807) is 19.0 Å². The van der Waals surface area contributed by atoms with Crippen molar-refractivity contribution in [3.8, 4) is 5.75 Å². The first-order chi connectivity index (χ1) is 7.65. The van der Waals surface area contributed by atoms with Crippen LogP contribution in [0.1, 0.15) is 12.5 Å². The average Bonchev–Trinajstić information content (AvgIpc) is 2.27. The number of thioether (sulfide) groups is 1. The Morgan fingerprint density at radius 1 is 1.38 bits per heavy atom. The predicted octanol–water partition coefficient (Wildman–Crippen LogP) is 3.00. The lowest BCUT2D eigenvalue weighted by molar-refractivity contribution is 0.241. The topological polar surface area (TPSA) is 29.5 Å². The normalized spacial score (nSPS) is 9.94. The molecule has 0 saturated carbocycles. The molecular formula is C12H17NO2S. The monoisotopic (exact) mass is 239 g/mol. The van der Waals surface area contributed by atoms with Crippen molar-refractivity contribution < 1.29 is 9.53 Å². The van der Waals surface area contributed by atoms with Gasteiger partial charge in [0.15, 0.2) is 0 Å². The fourth-order valence-corrected chi connectivity index (χ4v) is 1.96. The van der Waals surface area contributed by atoms with Gasteiger partial charge in [-0.3, -0.25) is 4.79 Å². The number of nitrogens with zero attached hydrogens (tertiary/aromatic N) is 1. The van der Waals surface area contributed by atoms with E-state index in [4.69, 9.17) is 4.74 Å². The van der Waals surface area contributed by atoms with E-state index in [1.807, 2.05) is 31.2 Å². The highest BCUT2D eigenvalue weighted by Crippen LogP contribution is 2.24. The number of rotatable bonds is 4. The van der Waals surface area contributed by atoms with Crippen LogP contribution in [0.15, 0.2) is 24.3 Å². The molecule has 0 aliphatic carbocycles. The van der Waals surface area contributed by atoms with E-state index in [1.165, 1.54) is 11.8 Å². The van der Waals surface area contributed by atoms with Crippen molar-refractivity contribution in [2.75, 3.05) is 20.7 Å². The molecule has 1 aromatic rings. The molecule has 0 radical (unpaired) electrons. The van der Waals surface area contributed by atoms with Crippen LogP contribution < -0.4 is 4.74 Å². The van der Waals surface area contributed by atoms with Crippen molar-refractivity contribution in [2.45, 2.75) is 12.7 Å². The molecule has 0 atom stereocenters. The molecule has 1 amide bonds. The van der Waals surface area contributed by atoms with Crippen molar-refractivity contribution >= 4 is 17.0 Å². The molecule has 0 aliphatic heterocycles. The second kappa shape index (κ2) is 6.43. The lowest BCUT2D eigenvalue weighted by Gasteiger charge is -2.11. The summed E-state index contributed by atoms with van der Waals surface area (Å²) in [7, 11) is 3.51. The van der Waals surface area contributed by atoms with Gasteiger partial charge in [-0.15, -0.1) is 0 Å². The summed E-state index contributed by atoms with van der Waals surface area (Å²) >= 11 is 1.28. The first-order valence-corrected chi connectivity index (χ1v) is 6.18. The highest BCUT2D eigenvalue weighted by molar-refractivity contribution is 8.12. The molecule has 4 heteroatoms. The largest absolute Gasteiger partial charge is 0.494 e. The maximum atomic E-state index is 11.4. The molecular weight excluding hydrogens is 222 g/mol. The smallest absolute Gasteiger partial charge is 0.281 e. The second-order valence-corrected chi connectivity index (χ2v) is 4.42. The number of benzene rings is 1. The first-order valence-electron chi connectivity index (χ1n) is 5.20. The van der Waals surface area contributed by atoms with Gasteiger partial charge in [0.25, 0.3) is 5.24 Å². The molecule has 0 fully saturated rings. The van der Waals surface area contributed by atoms with Crippen LogP contribution in [0.2, 0.25) is 0 Å². The molecule has 1 rings (SSSR count). The van der Waals surface area contributed by atoms with E-state index in [2.05, 4.69) is 0 Å². The highest BCUT2D eigenvalue weighted by Gasteiger charge is 2.08. The minimum Gasteiger partial charge on any atom is -0.494 e. The molecule has 0 N–H and O–H groups in total. The molecule has 0 unspecified atom stereocenters. The maximum absolute atomic E-state index is 11.4. The average molecular weight is 239 g/mol. The summed E-state index contributed by atoms with van der Waals surface area (Å²) in [5, 5.41) is 0.0614. The van der Waals surface area contributed by atoms with Crippen molar-refractivity contribution in [3.63, 3.8) is 0 Å². The zero-order valence-corrected chi connectivity index (χ0v) is 10.7. The van der Waals surface area contributed by atoms with Gasteiger partial charge in [0, 0.05) is 25.4 Å². The summed E-state index contributed by atoms with van der Waals surface area (Å²) in [6.45, 7) is 2.60. The number of carbonyl (C=O) groups is 1. The van der Waals surface area contributed by atoms with Gasteiger partial charge in [-0.25, -0.2) is 0 Å². The maximum Gasteiger partial charge on any atom is 0.281 e. The minimum atomic E-state index is 0.0614. The molecule has 0 heterocycles. The number of amides is 1. The van der Waals surface area contributed by atoms with Gasteiger partial charge in [0.05, 0.1) is 6.61 Å². The number of hydrogen-bond donors (Lipinski definition) is 0. The first kappa shape index (κ1) is 12.9. The van der Waals surface area contributed by atoms with E-state index in [0.29, 0.717) is 12.4 Å². The van der Waals surface area contributed by atoms with Crippen molar-refractivity contribution in [3.05, 3.63) is 29.8 Å².